The van der Waals surface area contributed by atoms with Gasteiger partial charge in [0.2, 0.25) is 0 Å². The normalized spacial score (nSPS) is 26.2. The van der Waals surface area contributed by atoms with E-state index in [1.165, 1.54) is 17.8 Å². The second kappa shape index (κ2) is 4.94. The van der Waals surface area contributed by atoms with Gasteiger partial charge in [-0.2, -0.15) is 0 Å². The van der Waals surface area contributed by atoms with Gasteiger partial charge in [0, 0.05) is 6.04 Å². The summed E-state index contributed by atoms with van der Waals surface area (Å²) in [4.78, 5) is 16.3. The van der Waals surface area contributed by atoms with Crippen LogP contribution in [0.4, 0.5) is 0 Å². The van der Waals surface area contributed by atoms with Crippen LogP contribution in [0.5, 0.6) is 0 Å². The highest BCUT2D eigenvalue weighted by Gasteiger charge is 2.25. The zero-order chi connectivity index (χ0) is 10.7. The first-order valence-electron chi connectivity index (χ1n) is 5.11. The summed E-state index contributed by atoms with van der Waals surface area (Å²) in [5.74, 6) is -0.0462. The highest BCUT2D eigenvalue weighted by Crippen LogP contribution is 2.23. The highest BCUT2D eigenvalue weighted by atomic mass is 35.5. The minimum atomic E-state index is -0.0462. The molecule has 0 radical (unpaired) electrons. The quantitative estimate of drug-likeness (QED) is 0.812. The number of carbonyl (C=O) groups is 1. The Bertz CT molecular complexity index is 328. The molecule has 0 bridgehead atoms. The third-order valence-electron chi connectivity index (χ3n) is 2.65. The molecule has 1 N–H and O–H groups in total. The Morgan fingerprint density at radius 2 is 2.33 bits per heavy atom. The molecule has 1 amide bonds. The predicted octanol–water partition coefficient (Wildman–Crippen LogP) is 2.42. The summed E-state index contributed by atoms with van der Waals surface area (Å²) < 4.78 is 0. The summed E-state index contributed by atoms with van der Waals surface area (Å²) in [6, 6.07) is 0.120. The van der Waals surface area contributed by atoms with Crippen molar-refractivity contribution < 1.29 is 4.79 Å². The fourth-order valence-corrected chi connectivity index (χ4v) is 2.68. The molecule has 1 aromatic heterocycles. The number of hydrogen-bond donors (Lipinski definition) is 1. The molecule has 1 fully saturated rings. The lowest BCUT2D eigenvalue weighted by atomic mass is 9.95. The first kappa shape index (κ1) is 10.9. The molecule has 1 aliphatic carbocycles. The van der Waals surface area contributed by atoms with E-state index in [1.54, 1.807) is 11.7 Å². The van der Waals surface area contributed by atoms with Crippen molar-refractivity contribution in [3.8, 4) is 0 Å². The summed E-state index contributed by atoms with van der Waals surface area (Å²) in [5.41, 5.74) is 1.66. The Kier molecular flexibility index (Phi) is 3.59. The van der Waals surface area contributed by atoms with Gasteiger partial charge in [-0.25, -0.2) is 0 Å². The summed E-state index contributed by atoms with van der Waals surface area (Å²) in [6.45, 7) is 0. The molecule has 5 heteroatoms. The minimum absolute atomic E-state index is 0.0462. The maximum Gasteiger partial charge on any atom is 0.263 e. The number of nitrogens with zero attached hydrogens (tertiary/aromatic N) is 1. The molecular formula is C10H13ClN2OS. The van der Waals surface area contributed by atoms with Crippen molar-refractivity contribution in [3.63, 3.8) is 0 Å². The van der Waals surface area contributed by atoms with Crippen molar-refractivity contribution in [1.29, 1.82) is 0 Å². The summed E-state index contributed by atoms with van der Waals surface area (Å²) >= 11 is 7.52. The van der Waals surface area contributed by atoms with E-state index >= 15 is 0 Å². The van der Waals surface area contributed by atoms with Gasteiger partial charge in [0.05, 0.1) is 17.1 Å². The number of carbonyl (C=O) groups excluding carboxylic acids is 1. The zero-order valence-corrected chi connectivity index (χ0v) is 9.85. The third kappa shape index (κ3) is 2.69. The lowest BCUT2D eigenvalue weighted by Crippen LogP contribution is -2.42. The molecule has 1 aromatic rings. The molecule has 15 heavy (non-hydrogen) atoms. The molecule has 1 aliphatic rings. The lowest BCUT2D eigenvalue weighted by molar-refractivity contribution is 0.0932. The van der Waals surface area contributed by atoms with E-state index in [1.807, 2.05) is 0 Å². The van der Waals surface area contributed by atoms with Crippen molar-refractivity contribution in [2.45, 2.75) is 37.1 Å². The number of thiazole rings is 1. The Morgan fingerprint density at radius 1 is 1.53 bits per heavy atom. The topological polar surface area (TPSA) is 42.0 Å². The van der Waals surface area contributed by atoms with E-state index in [0.29, 0.717) is 4.88 Å². The zero-order valence-electron chi connectivity index (χ0n) is 8.28. The second-order valence-corrected chi connectivity index (χ2v) is 5.19. The first-order valence-corrected chi connectivity index (χ1v) is 6.42. The van der Waals surface area contributed by atoms with Gasteiger partial charge in [-0.3, -0.25) is 9.78 Å². The Labute approximate surface area is 97.9 Å². The average Bonchev–Trinajstić information content (AvgIpc) is 2.74. The number of halogens is 1. The van der Waals surface area contributed by atoms with E-state index in [0.717, 1.165) is 19.3 Å². The van der Waals surface area contributed by atoms with Crippen molar-refractivity contribution >= 4 is 28.8 Å². The van der Waals surface area contributed by atoms with E-state index in [2.05, 4.69) is 10.3 Å². The van der Waals surface area contributed by atoms with Crippen LogP contribution in [0.15, 0.2) is 11.7 Å². The summed E-state index contributed by atoms with van der Waals surface area (Å²) in [5, 5.41) is 3.05. The van der Waals surface area contributed by atoms with Crippen molar-refractivity contribution in [3.05, 3.63) is 16.6 Å². The van der Waals surface area contributed by atoms with Crippen LogP contribution in [0.1, 0.15) is 35.4 Å². The van der Waals surface area contributed by atoms with Crippen LogP contribution in [0.25, 0.3) is 0 Å². The molecule has 2 rings (SSSR count). The number of amides is 1. The molecule has 1 saturated carbocycles. The Hall–Kier alpha value is -0.610. The summed E-state index contributed by atoms with van der Waals surface area (Å²) in [7, 11) is 0. The fourth-order valence-electron chi connectivity index (χ4n) is 1.82. The van der Waals surface area contributed by atoms with Crippen LogP contribution in [0, 0.1) is 0 Å². The molecule has 0 saturated heterocycles. The van der Waals surface area contributed by atoms with Gasteiger partial charge in [-0.05, 0) is 12.8 Å². The molecule has 2 unspecified atom stereocenters. The average molecular weight is 245 g/mol. The standard InChI is InChI=1S/C10H13ClN2OS/c11-7-3-1-2-4-8(7)13-10(14)9-5-12-6-15-9/h5-8H,1-4H2,(H,13,14). The SMILES string of the molecule is O=C(NC1CCCCC1Cl)c1cncs1. The number of nitrogens with one attached hydrogen (secondary N) is 1. The molecular weight excluding hydrogens is 232 g/mol. The van der Waals surface area contributed by atoms with Crippen molar-refractivity contribution in [1.82, 2.24) is 10.3 Å². The van der Waals surface area contributed by atoms with E-state index < -0.39 is 0 Å². The van der Waals surface area contributed by atoms with Crippen LogP contribution < -0.4 is 5.32 Å². The molecule has 82 valence electrons. The smallest absolute Gasteiger partial charge is 0.263 e. The van der Waals surface area contributed by atoms with Gasteiger partial charge in [0.1, 0.15) is 4.88 Å². The molecule has 0 aromatic carbocycles. The molecule has 3 nitrogen and oxygen atoms in total. The maximum atomic E-state index is 11.7. The maximum absolute atomic E-state index is 11.7. The first-order chi connectivity index (χ1) is 7.27. The van der Waals surface area contributed by atoms with Crippen LogP contribution in [-0.4, -0.2) is 22.3 Å². The number of aromatic nitrogens is 1. The molecule has 0 spiro atoms. The van der Waals surface area contributed by atoms with Gasteiger partial charge >= 0.3 is 0 Å². The van der Waals surface area contributed by atoms with Gasteiger partial charge < -0.3 is 5.32 Å². The lowest BCUT2D eigenvalue weighted by Gasteiger charge is -2.27. The number of alkyl halides is 1. The van der Waals surface area contributed by atoms with E-state index in [-0.39, 0.29) is 17.3 Å². The number of rotatable bonds is 2. The summed E-state index contributed by atoms with van der Waals surface area (Å²) in [6.07, 6.45) is 5.89. The van der Waals surface area contributed by atoms with Gasteiger partial charge in [0.25, 0.3) is 5.91 Å². The van der Waals surface area contributed by atoms with Crippen LogP contribution in [0.2, 0.25) is 0 Å². The molecule has 1 heterocycles. The third-order valence-corrected chi connectivity index (χ3v) is 3.95. The Balaban J connectivity index is 1.93. The molecule has 2 atom stereocenters. The van der Waals surface area contributed by atoms with E-state index in [4.69, 9.17) is 11.6 Å². The van der Waals surface area contributed by atoms with Crippen LogP contribution >= 0.6 is 22.9 Å². The predicted molar refractivity (Wildman–Crippen MR) is 61.5 cm³/mol. The van der Waals surface area contributed by atoms with Gasteiger partial charge in [0.15, 0.2) is 0 Å². The second-order valence-electron chi connectivity index (χ2n) is 3.75. The molecule has 0 aliphatic heterocycles. The monoisotopic (exact) mass is 244 g/mol. The van der Waals surface area contributed by atoms with Crippen molar-refractivity contribution in [2.75, 3.05) is 0 Å². The Morgan fingerprint density at radius 3 is 3.00 bits per heavy atom. The van der Waals surface area contributed by atoms with E-state index in [9.17, 15) is 4.79 Å². The van der Waals surface area contributed by atoms with Crippen LogP contribution in [0.3, 0.4) is 0 Å². The number of hydrogen-bond acceptors (Lipinski definition) is 3. The largest absolute Gasteiger partial charge is 0.347 e. The highest BCUT2D eigenvalue weighted by molar-refractivity contribution is 7.11. The van der Waals surface area contributed by atoms with Gasteiger partial charge in [-0.1, -0.05) is 12.8 Å². The van der Waals surface area contributed by atoms with Crippen LogP contribution in [-0.2, 0) is 0 Å². The fraction of sp³-hybridized carbons (Fsp3) is 0.600. The van der Waals surface area contributed by atoms with Gasteiger partial charge in [-0.15, -0.1) is 22.9 Å². The van der Waals surface area contributed by atoms with Crippen molar-refractivity contribution in [2.24, 2.45) is 0 Å². The minimum Gasteiger partial charge on any atom is -0.347 e.